The zero-order chi connectivity index (χ0) is 12.2. The number of halogens is 1. The van der Waals surface area contributed by atoms with Crippen LogP contribution in [0.2, 0.25) is 5.02 Å². The molecule has 4 heteroatoms. The van der Waals surface area contributed by atoms with Crippen LogP contribution >= 0.6 is 11.6 Å². The highest BCUT2D eigenvalue weighted by molar-refractivity contribution is 6.30. The first-order chi connectivity index (χ1) is 7.45. The van der Waals surface area contributed by atoms with E-state index in [4.69, 9.17) is 16.9 Å². The molecular weight excluding hydrogens is 224 g/mol. The quantitative estimate of drug-likeness (QED) is 0.876. The van der Waals surface area contributed by atoms with E-state index in [2.05, 4.69) is 11.4 Å². The maximum Gasteiger partial charge on any atom is 0.218 e. The third kappa shape index (κ3) is 3.56. The number of nitrogens with zero attached hydrogens (tertiary/aromatic N) is 1. The first-order valence-corrected chi connectivity index (χ1v) is 5.27. The number of carbonyl (C=O) groups is 1. The molecule has 0 radical (unpaired) electrons. The predicted molar refractivity (Wildman–Crippen MR) is 63.0 cm³/mol. The van der Waals surface area contributed by atoms with Gasteiger partial charge in [-0.15, -0.1) is 0 Å². The summed E-state index contributed by atoms with van der Waals surface area (Å²) < 4.78 is 0. The fourth-order valence-corrected chi connectivity index (χ4v) is 1.64. The highest BCUT2D eigenvalue weighted by Crippen LogP contribution is 2.15. The summed E-state index contributed by atoms with van der Waals surface area (Å²) in [5, 5.41) is 12.3. The predicted octanol–water partition coefficient (Wildman–Crippen LogP) is 2.30. The molecule has 0 heterocycles. The van der Waals surface area contributed by atoms with Crippen LogP contribution in [-0.4, -0.2) is 11.4 Å². The molecule has 1 amide bonds. The van der Waals surface area contributed by atoms with E-state index in [1.165, 1.54) is 6.92 Å². The summed E-state index contributed by atoms with van der Waals surface area (Å²) in [7, 11) is 0. The lowest BCUT2D eigenvalue weighted by Crippen LogP contribution is -2.45. The summed E-state index contributed by atoms with van der Waals surface area (Å²) in [5.74, 6) is -0.210. The van der Waals surface area contributed by atoms with Crippen molar-refractivity contribution in [3.05, 3.63) is 34.9 Å². The Hall–Kier alpha value is -1.53. The van der Waals surface area contributed by atoms with Crippen LogP contribution in [0.5, 0.6) is 0 Å². The number of hydrogen-bond acceptors (Lipinski definition) is 2. The van der Waals surface area contributed by atoms with Crippen molar-refractivity contribution in [3.8, 4) is 6.07 Å². The Morgan fingerprint density at radius 3 is 2.50 bits per heavy atom. The second-order valence-corrected chi connectivity index (χ2v) is 4.36. The van der Waals surface area contributed by atoms with Gasteiger partial charge in [0.25, 0.3) is 0 Å². The number of hydrogen-bond donors (Lipinski definition) is 1. The molecular formula is C12H13ClN2O. The first kappa shape index (κ1) is 12.5. The average Bonchev–Trinajstić information content (AvgIpc) is 2.20. The maximum absolute atomic E-state index is 11.0. The van der Waals surface area contributed by atoms with E-state index < -0.39 is 5.54 Å². The van der Waals surface area contributed by atoms with Crippen molar-refractivity contribution in [1.82, 2.24) is 5.32 Å². The zero-order valence-electron chi connectivity index (χ0n) is 9.25. The van der Waals surface area contributed by atoms with Crippen molar-refractivity contribution in [1.29, 1.82) is 5.26 Å². The van der Waals surface area contributed by atoms with Gasteiger partial charge in [0.15, 0.2) is 0 Å². The second kappa shape index (κ2) is 5.00. The Morgan fingerprint density at radius 1 is 1.50 bits per heavy atom. The van der Waals surface area contributed by atoms with Crippen LogP contribution in [0.15, 0.2) is 24.3 Å². The SMILES string of the molecule is CC(=O)N[C@](C)(C#N)Cc1ccc(Cl)cc1. The van der Waals surface area contributed by atoms with Gasteiger partial charge in [-0.1, -0.05) is 23.7 Å². The molecule has 1 rings (SSSR count). The molecule has 1 aromatic rings. The Balaban J connectivity index is 2.81. The van der Waals surface area contributed by atoms with Gasteiger partial charge in [-0.05, 0) is 24.6 Å². The number of nitrogens with one attached hydrogen (secondary N) is 1. The van der Waals surface area contributed by atoms with Crippen LogP contribution in [-0.2, 0) is 11.2 Å². The third-order valence-corrected chi connectivity index (χ3v) is 2.42. The maximum atomic E-state index is 11.0. The summed E-state index contributed by atoms with van der Waals surface area (Å²) >= 11 is 5.77. The molecule has 3 nitrogen and oxygen atoms in total. The van der Waals surface area contributed by atoms with E-state index in [9.17, 15) is 4.79 Å². The zero-order valence-corrected chi connectivity index (χ0v) is 10.0. The molecule has 1 N–H and O–H groups in total. The Bertz CT molecular complexity index is 422. The van der Waals surface area contributed by atoms with E-state index in [1.807, 2.05) is 12.1 Å². The molecule has 1 atom stereocenters. The Labute approximate surface area is 100 Å². The van der Waals surface area contributed by atoms with Crippen molar-refractivity contribution in [2.24, 2.45) is 0 Å². The average molecular weight is 237 g/mol. The molecule has 0 saturated carbocycles. The van der Waals surface area contributed by atoms with Crippen LogP contribution in [0.25, 0.3) is 0 Å². The van der Waals surface area contributed by atoms with Gasteiger partial charge < -0.3 is 5.32 Å². The minimum atomic E-state index is -0.875. The van der Waals surface area contributed by atoms with Crippen LogP contribution in [0, 0.1) is 11.3 Å². The number of amides is 1. The van der Waals surface area contributed by atoms with E-state index >= 15 is 0 Å². The van der Waals surface area contributed by atoms with Gasteiger partial charge in [-0.3, -0.25) is 4.79 Å². The lowest BCUT2D eigenvalue weighted by Gasteiger charge is -2.22. The smallest absolute Gasteiger partial charge is 0.218 e. The molecule has 1 aromatic carbocycles. The van der Waals surface area contributed by atoms with E-state index in [0.717, 1.165) is 5.56 Å². The molecule has 16 heavy (non-hydrogen) atoms. The van der Waals surface area contributed by atoms with E-state index in [0.29, 0.717) is 11.4 Å². The summed E-state index contributed by atoms with van der Waals surface area (Å²) in [5.41, 5.74) is 0.0850. The van der Waals surface area contributed by atoms with Gasteiger partial charge >= 0.3 is 0 Å². The monoisotopic (exact) mass is 236 g/mol. The highest BCUT2D eigenvalue weighted by Gasteiger charge is 2.24. The van der Waals surface area contributed by atoms with Crippen molar-refractivity contribution < 1.29 is 4.79 Å². The van der Waals surface area contributed by atoms with E-state index in [1.54, 1.807) is 19.1 Å². The molecule has 0 bridgehead atoms. The van der Waals surface area contributed by atoms with Crippen LogP contribution < -0.4 is 5.32 Å². The topological polar surface area (TPSA) is 52.9 Å². The van der Waals surface area contributed by atoms with Gasteiger partial charge in [0.1, 0.15) is 5.54 Å². The lowest BCUT2D eigenvalue weighted by molar-refractivity contribution is -0.120. The highest BCUT2D eigenvalue weighted by atomic mass is 35.5. The summed E-state index contributed by atoms with van der Waals surface area (Å²) in [4.78, 5) is 11.0. The summed E-state index contributed by atoms with van der Waals surface area (Å²) in [6.07, 6.45) is 0.459. The minimum Gasteiger partial charge on any atom is -0.338 e. The normalized spacial score (nSPS) is 13.6. The standard InChI is InChI=1S/C12H13ClN2O/c1-9(16)15-12(2,8-14)7-10-3-5-11(13)6-4-10/h3-6H,7H2,1-2H3,(H,15,16)/t12-/m0/s1. The van der Waals surface area contributed by atoms with Crippen molar-refractivity contribution in [2.45, 2.75) is 25.8 Å². The van der Waals surface area contributed by atoms with E-state index in [-0.39, 0.29) is 5.91 Å². The van der Waals surface area contributed by atoms with Crippen molar-refractivity contribution in [3.63, 3.8) is 0 Å². The fourth-order valence-electron chi connectivity index (χ4n) is 1.51. The lowest BCUT2D eigenvalue weighted by atomic mass is 9.94. The van der Waals surface area contributed by atoms with Crippen molar-refractivity contribution >= 4 is 17.5 Å². The van der Waals surface area contributed by atoms with Gasteiger partial charge in [0.2, 0.25) is 5.91 Å². The van der Waals surface area contributed by atoms with Gasteiger partial charge in [0, 0.05) is 18.4 Å². The first-order valence-electron chi connectivity index (χ1n) is 4.90. The van der Waals surface area contributed by atoms with Crippen LogP contribution in [0.3, 0.4) is 0 Å². The van der Waals surface area contributed by atoms with Crippen molar-refractivity contribution in [2.75, 3.05) is 0 Å². The molecule has 0 spiro atoms. The van der Waals surface area contributed by atoms with Crippen LogP contribution in [0.4, 0.5) is 0 Å². The molecule has 0 aliphatic heterocycles. The molecule has 0 fully saturated rings. The molecule has 84 valence electrons. The van der Waals surface area contributed by atoms with Gasteiger partial charge in [-0.2, -0.15) is 5.26 Å². The molecule has 0 aromatic heterocycles. The number of nitriles is 1. The number of benzene rings is 1. The third-order valence-electron chi connectivity index (χ3n) is 2.17. The second-order valence-electron chi connectivity index (χ2n) is 3.93. The number of rotatable bonds is 3. The molecule has 0 aliphatic rings. The Kier molecular flexibility index (Phi) is 3.92. The Morgan fingerprint density at radius 2 is 2.06 bits per heavy atom. The number of carbonyl (C=O) groups excluding carboxylic acids is 1. The van der Waals surface area contributed by atoms with Gasteiger partial charge in [0.05, 0.1) is 6.07 Å². The summed E-state index contributed by atoms with van der Waals surface area (Å²) in [6.45, 7) is 3.10. The summed E-state index contributed by atoms with van der Waals surface area (Å²) in [6, 6.07) is 9.33. The molecule has 0 saturated heterocycles. The van der Waals surface area contributed by atoms with Gasteiger partial charge in [-0.25, -0.2) is 0 Å². The fraction of sp³-hybridized carbons (Fsp3) is 0.333. The molecule has 0 unspecified atom stereocenters. The molecule has 0 aliphatic carbocycles. The minimum absolute atomic E-state index is 0.210. The largest absolute Gasteiger partial charge is 0.338 e. The van der Waals surface area contributed by atoms with Crippen LogP contribution in [0.1, 0.15) is 19.4 Å².